The van der Waals surface area contributed by atoms with Crippen LogP contribution in [-0.4, -0.2) is 4.98 Å². The van der Waals surface area contributed by atoms with E-state index < -0.39 is 0 Å². The lowest BCUT2D eigenvalue weighted by Gasteiger charge is -1.97. The lowest BCUT2D eigenvalue weighted by Crippen LogP contribution is -1.81. The average molecular weight is 256 g/mol. The highest BCUT2D eigenvalue weighted by molar-refractivity contribution is 7.99. The fourth-order valence-electron chi connectivity index (χ4n) is 1.74. The van der Waals surface area contributed by atoms with Crippen LogP contribution in [0.15, 0.2) is 57.0 Å². The first kappa shape index (κ1) is 11.2. The monoisotopic (exact) mass is 256 g/mol. The topological polar surface area (TPSA) is 52.0 Å². The number of benzene rings is 2. The van der Waals surface area contributed by atoms with Gasteiger partial charge in [0.25, 0.3) is 5.22 Å². The number of nitrogens with two attached hydrogens (primary N) is 1. The summed E-state index contributed by atoms with van der Waals surface area (Å²) in [5, 5.41) is 0.640. The molecular formula is C14H12N2OS. The number of nitrogen functional groups attached to an aromatic ring is 1. The molecule has 0 unspecified atom stereocenters. The smallest absolute Gasteiger partial charge is 0.261 e. The number of aromatic nitrogens is 1. The maximum Gasteiger partial charge on any atom is 0.261 e. The standard InChI is InChI=1S/C14H12N2OS/c1-9-3-2-4-11(7-9)18-14-16-12-6-5-10(15)8-13(12)17-14/h2-8H,15H2,1H3. The highest BCUT2D eigenvalue weighted by Crippen LogP contribution is 2.30. The molecule has 0 bridgehead atoms. The molecule has 0 amide bonds. The van der Waals surface area contributed by atoms with E-state index >= 15 is 0 Å². The first-order valence-corrected chi connectivity index (χ1v) is 6.43. The summed E-state index contributed by atoms with van der Waals surface area (Å²) in [4.78, 5) is 5.54. The van der Waals surface area contributed by atoms with Gasteiger partial charge in [-0.1, -0.05) is 17.7 Å². The third-order valence-electron chi connectivity index (χ3n) is 2.59. The molecule has 0 radical (unpaired) electrons. The Balaban J connectivity index is 1.95. The number of hydrogen-bond donors (Lipinski definition) is 1. The van der Waals surface area contributed by atoms with Crippen LogP contribution >= 0.6 is 11.8 Å². The highest BCUT2D eigenvalue weighted by Gasteiger charge is 2.07. The maximum atomic E-state index is 5.71. The molecule has 3 nitrogen and oxygen atoms in total. The summed E-state index contributed by atoms with van der Waals surface area (Å²) in [6, 6.07) is 13.7. The molecule has 3 rings (SSSR count). The van der Waals surface area contributed by atoms with Crippen LogP contribution in [0.1, 0.15) is 5.56 Å². The molecule has 0 aliphatic rings. The first-order valence-electron chi connectivity index (χ1n) is 5.61. The number of oxazole rings is 1. The van der Waals surface area contributed by atoms with Gasteiger partial charge in [0.2, 0.25) is 0 Å². The fourth-order valence-corrected chi connectivity index (χ4v) is 2.61. The van der Waals surface area contributed by atoms with E-state index in [1.807, 2.05) is 24.3 Å². The molecule has 0 aliphatic heterocycles. The SMILES string of the molecule is Cc1cccc(Sc2nc3ccc(N)cc3o2)c1. The highest BCUT2D eigenvalue weighted by atomic mass is 32.2. The van der Waals surface area contributed by atoms with Crippen LogP contribution in [0.4, 0.5) is 5.69 Å². The zero-order chi connectivity index (χ0) is 12.5. The molecule has 0 fully saturated rings. The molecule has 0 aliphatic carbocycles. The Morgan fingerprint density at radius 1 is 1.17 bits per heavy atom. The second kappa shape index (κ2) is 4.38. The molecule has 4 heteroatoms. The van der Waals surface area contributed by atoms with Gasteiger partial charge in [0, 0.05) is 16.6 Å². The molecule has 2 aromatic carbocycles. The van der Waals surface area contributed by atoms with Crippen LogP contribution < -0.4 is 5.73 Å². The molecular weight excluding hydrogens is 244 g/mol. The van der Waals surface area contributed by atoms with Crippen LogP contribution in [0.2, 0.25) is 0 Å². The van der Waals surface area contributed by atoms with Gasteiger partial charge in [0.15, 0.2) is 5.58 Å². The predicted octanol–water partition coefficient (Wildman–Crippen LogP) is 3.87. The second-order valence-corrected chi connectivity index (χ2v) is 5.15. The molecule has 0 saturated carbocycles. The van der Waals surface area contributed by atoms with Crippen molar-refractivity contribution >= 4 is 28.5 Å². The molecule has 3 aromatic rings. The Morgan fingerprint density at radius 3 is 2.89 bits per heavy atom. The van der Waals surface area contributed by atoms with Crippen molar-refractivity contribution in [2.24, 2.45) is 0 Å². The van der Waals surface area contributed by atoms with Gasteiger partial charge in [-0.15, -0.1) is 0 Å². The normalized spacial score (nSPS) is 10.9. The van der Waals surface area contributed by atoms with E-state index in [0.717, 1.165) is 16.0 Å². The van der Waals surface area contributed by atoms with E-state index in [4.69, 9.17) is 10.2 Å². The molecule has 1 heterocycles. The molecule has 0 atom stereocenters. The summed E-state index contributed by atoms with van der Waals surface area (Å²) in [6.45, 7) is 2.07. The minimum atomic E-state index is 0.640. The van der Waals surface area contributed by atoms with E-state index in [-0.39, 0.29) is 0 Å². The Morgan fingerprint density at radius 2 is 2.06 bits per heavy atom. The quantitative estimate of drug-likeness (QED) is 0.707. The number of rotatable bonds is 2. The van der Waals surface area contributed by atoms with Crippen molar-refractivity contribution < 1.29 is 4.42 Å². The zero-order valence-corrected chi connectivity index (χ0v) is 10.7. The van der Waals surface area contributed by atoms with E-state index in [9.17, 15) is 0 Å². The van der Waals surface area contributed by atoms with Crippen LogP contribution in [0.5, 0.6) is 0 Å². The first-order chi connectivity index (χ1) is 8.70. The largest absolute Gasteiger partial charge is 0.431 e. The van der Waals surface area contributed by atoms with E-state index in [1.54, 1.807) is 6.07 Å². The van der Waals surface area contributed by atoms with Gasteiger partial charge < -0.3 is 10.2 Å². The van der Waals surface area contributed by atoms with Gasteiger partial charge in [-0.25, -0.2) is 4.98 Å². The number of nitrogens with zero attached hydrogens (tertiary/aromatic N) is 1. The van der Waals surface area contributed by atoms with Crippen molar-refractivity contribution in [3.05, 3.63) is 48.0 Å². The number of fused-ring (bicyclic) bond motifs is 1. The zero-order valence-electron chi connectivity index (χ0n) is 9.88. The number of aryl methyl sites for hydroxylation is 1. The van der Waals surface area contributed by atoms with Gasteiger partial charge in [-0.2, -0.15) is 0 Å². The maximum absolute atomic E-state index is 5.71. The van der Waals surface area contributed by atoms with Crippen LogP contribution in [-0.2, 0) is 0 Å². The minimum Gasteiger partial charge on any atom is -0.431 e. The summed E-state index contributed by atoms with van der Waals surface area (Å²) >= 11 is 1.51. The van der Waals surface area contributed by atoms with Crippen LogP contribution in [0.25, 0.3) is 11.1 Å². The van der Waals surface area contributed by atoms with Crippen molar-refractivity contribution in [3.8, 4) is 0 Å². The van der Waals surface area contributed by atoms with Gasteiger partial charge in [0.05, 0.1) is 0 Å². The molecule has 18 heavy (non-hydrogen) atoms. The number of hydrogen-bond acceptors (Lipinski definition) is 4. The fraction of sp³-hybridized carbons (Fsp3) is 0.0714. The molecule has 1 aromatic heterocycles. The van der Waals surface area contributed by atoms with E-state index in [0.29, 0.717) is 10.9 Å². The Hall–Kier alpha value is -1.94. The van der Waals surface area contributed by atoms with Crippen molar-refractivity contribution in [2.45, 2.75) is 17.0 Å². The minimum absolute atomic E-state index is 0.640. The van der Waals surface area contributed by atoms with E-state index in [1.165, 1.54) is 17.3 Å². The van der Waals surface area contributed by atoms with Gasteiger partial charge >= 0.3 is 0 Å². The van der Waals surface area contributed by atoms with Gasteiger partial charge in [-0.3, -0.25) is 0 Å². The third-order valence-corrected chi connectivity index (χ3v) is 3.43. The van der Waals surface area contributed by atoms with Crippen molar-refractivity contribution in [2.75, 3.05) is 5.73 Å². The second-order valence-electron chi connectivity index (χ2n) is 4.13. The average Bonchev–Trinajstić information content (AvgIpc) is 2.70. The Labute approximate surface area is 109 Å². The van der Waals surface area contributed by atoms with Crippen LogP contribution in [0.3, 0.4) is 0 Å². The summed E-state index contributed by atoms with van der Waals surface area (Å²) < 4.78 is 5.66. The summed E-state index contributed by atoms with van der Waals surface area (Å²) in [5.41, 5.74) is 9.18. The summed E-state index contributed by atoms with van der Waals surface area (Å²) in [6.07, 6.45) is 0. The lowest BCUT2D eigenvalue weighted by molar-refractivity contribution is 0.489. The van der Waals surface area contributed by atoms with E-state index in [2.05, 4.69) is 24.0 Å². The van der Waals surface area contributed by atoms with Gasteiger partial charge in [0.1, 0.15) is 5.52 Å². The van der Waals surface area contributed by atoms with Crippen molar-refractivity contribution in [3.63, 3.8) is 0 Å². The molecule has 0 saturated heterocycles. The summed E-state index contributed by atoms with van der Waals surface area (Å²) in [5.74, 6) is 0. The van der Waals surface area contributed by atoms with Crippen LogP contribution in [0, 0.1) is 6.92 Å². The molecule has 90 valence electrons. The van der Waals surface area contributed by atoms with Gasteiger partial charge in [-0.05, 0) is 43.0 Å². The third kappa shape index (κ3) is 2.19. The molecule has 0 spiro atoms. The lowest BCUT2D eigenvalue weighted by atomic mass is 10.2. The Bertz CT molecular complexity index is 706. The number of anilines is 1. The summed E-state index contributed by atoms with van der Waals surface area (Å²) in [7, 11) is 0. The van der Waals surface area contributed by atoms with Crippen molar-refractivity contribution in [1.82, 2.24) is 4.98 Å². The van der Waals surface area contributed by atoms with Crippen molar-refractivity contribution in [1.29, 1.82) is 0 Å². The Kier molecular flexibility index (Phi) is 2.72. The molecule has 2 N–H and O–H groups in total. The predicted molar refractivity (Wildman–Crippen MR) is 73.7 cm³/mol.